The average Bonchev–Trinajstić information content (AvgIpc) is 3.22. The second-order valence-electron chi connectivity index (χ2n) is 6.57. The fourth-order valence-electron chi connectivity index (χ4n) is 3.50. The molecular weight excluding hydrogens is 322 g/mol. The fraction of sp³-hybridized carbons (Fsp3) is 0.500. The van der Waals surface area contributed by atoms with Crippen LogP contribution in [0.5, 0.6) is 0 Å². The number of hydrogen-bond donors (Lipinski definition) is 0. The fourth-order valence-corrected chi connectivity index (χ4v) is 4.42. The Kier molecular flexibility index (Phi) is 4.56. The van der Waals surface area contributed by atoms with Crippen molar-refractivity contribution in [3.8, 4) is 0 Å². The molecule has 126 valence electrons. The third kappa shape index (κ3) is 3.48. The van der Waals surface area contributed by atoms with E-state index >= 15 is 0 Å². The van der Waals surface area contributed by atoms with Gasteiger partial charge >= 0.3 is 0 Å². The monoisotopic (exact) mass is 343 g/mol. The number of aromatic nitrogens is 2. The molecule has 6 heteroatoms. The molecule has 2 heterocycles. The van der Waals surface area contributed by atoms with Gasteiger partial charge in [-0.3, -0.25) is 4.79 Å². The third-order valence-electron chi connectivity index (χ3n) is 4.84. The molecule has 0 unspecified atom stereocenters. The molecule has 1 atom stereocenters. The van der Waals surface area contributed by atoms with Crippen LogP contribution in [0.4, 0.5) is 0 Å². The Hall–Kier alpha value is -1.82. The smallest absolute Gasteiger partial charge is 0.276 e. The SMILES string of the molecule is O=C1CCCN1Cc1nnc(SC[C@@H]2CCc3ccccc3C2)o1. The number of hydrogen-bond acceptors (Lipinski definition) is 5. The summed E-state index contributed by atoms with van der Waals surface area (Å²) in [4.78, 5) is 13.4. The molecule has 1 aromatic heterocycles. The Morgan fingerprint density at radius 2 is 2.08 bits per heavy atom. The number of nitrogens with zero attached hydrogens (tertiary/aromatic N) is 3. The van der Waals surface area contributed by atoms with Gasteiger partial charge in [0.05, 0.1) is 6.54 Å². The molecule has 1 aliphatic carbocycles. The Morgan fingerprint density at radius 3 is 2.92 bits per heavy atom. The van der Waals surface area contributed by atoms with E-state index in [1.54, 1.807) is 16.7 Å². The number of benzene rings is 1. The first-order valence-corrected chi connectivity index (χ1v) is 9.56. The zero-order chi connectivity index (χ0) is 16.4. The normalized spacial score (nSPS) is 20.4. The van der Waals surface area contributed by atoms with Gasteiger partial charge in [0.25, 0.3) is 5.22 Å². The molecule has 0 radical (unpaired) electrons. The number of aryl methyl sites for hydroxylation is 1. The van der Waals surface area contributed by atoms with Gasteiger partial charge in [0.2, 0.25) is 11.8 Å². The van der Waals surface area contributed by atoms with Crippen LogP contribution in [-0.4, -0.2) is 33.3 Å². The molecule has 24 heavy (non-hydrogen) atoms. The Labute approximate surface area is 145 Å². The minimum Gasteiger partial charge on any atom is -0.414 e. The molecule has 1 aliphatic heterocycles. The van der Waals surface area contributed by atoms with Crippen LogP contribution in [-0.2, 0) is 24.2 Å². The minimum absolute atomic E-state index is 0.184. The number of fused-ring (bicyclic) bond motifs is 1. The zero-order valence-electron chi connectivity index (χ0n) is 13.6. The average molecular weight is 343 g/mol. The van der Waals surface area contributed by atoms with Crippen LogP contribution in [0, 0.1) is 5.92 Å². The maximum Gasteiger partial charge on any atom is 0.276 e. The molecule has 0 N–H and O–H groups in total. The largest absolute Gasteiger partial charge is 0.414 e. The highest BCUT2D eigenvalue weighted by atomic mass is 32.2. The Balaban J connectivity index is 1.30. The summed E-state index contributed by atoms with van der Waals surface area (Å²) >= 11 is 1.64. The van der Waals surface area contributed by atoms with Crippen molar-refractivity contribution in [1.82, 2.24) is 15.1 Å². The third-order valence-corrected chi connectivity index (χ3v) is 5.89. The zero-order valence-corrected chi connectivity index (χ0v) is 14.4. The van der Waals surface area contributed by atoms with E-state index in [1.165, 1.54) is 17.5 Å². The number of likely N-dealkylation sites (tertiary alicyclic amines) is 1. The lowest BCUT2D eigenvalue weighted by atomic mass is 9.85. The van der Waals surface area contributed by atoms with Crippen molar-refractivity contribution in [3.05, 3.63) is 41.3 Å². The van der Waals surface area contributed by atoms with Crippen LogP contribution < -0.4 is 0 Å². The molecule has 0 bridgehead atoms. The van der Waals surface area contributed by atoms with Crippen LogP contribution in [0.15, 0.2) is 33.9 Å². The Morgan fingerprint density at radius 1 is 1.21 bits per heavy atom. The summed E-state index contributed by atoms with van der Waals surface area (Å²) in [6, 6.07) is 8.73. The summed E-state index contributed by atoms with van der Waals surface area (Å²) in [6.07, 6.45) is 5.07. The number of amides is 1. The van der Waals surface area contributed by atoms with Crippen molar-refractivity contribution < 1.29 is 9.21 Å². The predicted octanol–water partition coefficient (Wildman–Crippen LogP) is 3.09. The topological polar surface area (TPSA) is 59.2 Å². The van der Waals surface area contributed by atoms with Gasteiger partial charge in [-0.1, -0.05) is 36.0 Å². The van der Waals surface area contributed by atoms with Crippen molar-refractivity contribution in [1.29, 1.82) is 0 Å². The first kappa shape index (κ1) is 15.7. The summed E-state index contributed by atoms with van der Waals surface area (Å²) in [7, 11) is 0. The highest BCUT2D eigenvalue weighted by Crippen LogP contribution is 2.30. The summed E-state index contributed by atoms with van der Waals surface area (Å²) in [5, 5.41) is 8.82. The van der Waals surface area contributed by atoms with E-state index in [1.807, 2.05) is 0 Å². The van der Waals surface area contributed by atoms with Crippen LogP contribution >= 0.6 is 11.8 Å². The lowest BCUT2D eigenvalue weighted by Crippen LogP contribution is -2.23. The van der Waals surface area contributed by atoms with E-state index in [4.69, 9.17) is 4.42 Å². The number of thioether (sulfide) groups is 1. The van der Waals surface area contributed by atoms with Crippen LogP contribution in [0.2, 0.25) is 0 Å². The Bertz CT molecular complexity index is 731. The van der Waals surface area contributed by atoms with Crippen molar-refractivity contribution in [3.63, 3.8) is 0 Å². The summed E-state index contributed by atoms with van der Waals surface area (Å²) in [6.45, 7) is 1.24. The predicted molar refractivity (Wildman–Crippen MR) is 91.6 cm³/mol. The van der Waals surface area contributed by atoms with E-state index in [0.29, 0.717) is 30.0 Å². The van der Waals surface area contributed by atoms with Crippen LogP contribution in [0.3, 0.4) is 0 Å². The first-order chi connectivity index (χ1) is 11.8. The van der Waals surface area contributed by atoms with Crippen molar-refractivity contribution in [2.75, 3.05) is 12.3 Å². The van der Waals surface area contributed by atoms with Crippen molar-refractivity contribution in [2.24, 2.45) is 5.92 Å². The molecule has 0 saturated carbocycles. The molecular formula is C18H21N3O2S. The van der Waals surface area contributed by atoms with E-state index in [-0.39, 0.29) is 5.91 Å². The van der Waals surface area contributed by atoms with Crippen molar-refractivity contribution in [2.45, 2.75) is 43.9 Å². The van der Waals surface area contributed by atoms with Crippen LogP contribution in [0.1, 0.15) is 36.3 Å². The number of rotatable bonds is 5. The minimum atomic E-state index is 0.184. The summed E-state index contributed by atoms with van der Waals surface area (Å²) < 4.78 is 5.70. The molecule has 2 aromatic rings. The molecule has 1 aromatic carbocycles. The second-order valence-corrected chi connectivity index (χ2v) is 7.54. The van der Waals surface area contributed by atoms with Gasteiger partial charge in [-0.25, -0.2) is 0 Å². The van der Waals surface area contributed by atoms with E-state index in [9.17, 15) is 4.79 Å². The quantitative estimate of drug-likeness (QED) is 0.781. The molecule has 1 fully saturated rings. The lowest BCUT2D eigenvalue weighted by molar-refractivity contribution is -0.128. The van der Waals surface area contributed by atoms with Gasteiger partial charge in [-0.15, -0.1) is 10.2 Å². The molecule has 5 nitrogen and oxygen atoms in total. The first-order valence-electron chi connectivity index (χ1n) is 8.57. The second kappa shape index (κ2) is 6.97. The highest BCUT2D eigenvalue weighted by Gasteiger charge is 2.23. The molecule has 1 amide bonds. The van der Waals surface area contributed by atoms with Gasteiger partial charge in [-0.05, 0) is 42.7 Å². The van der Waals surface area contributed by atoms with Gasteiger partial charge in [-0.2, -0.15) is 0 Å². The van der Waals surface area contributed by atoms with Gasteiger partial charge in [0, 0.05) is 18.7 Å². The van der Waals surface area contributed by atoms with E-state index in [0.717, 1.165) is 31.6 Å². The number of carbonyl (C=O) groups excluding carboxylic acids is 1. The molecule has 1 saturated heterocycles. The van der Waals surface area contributed by atoms with Gasteiger partial charge < -0.3 is 9.32 Å². The summed E-state index contributed by atoms with van der Waals surface area (Å²) in [5.74, 6) is 2.38. The lowest BCUT2D eigenvalue weighted by Gasteiger charge is -2.23. The standard InChI is InChI=1S/C18H21N3O2S/c22-17-6-3-9-21(17)11-16-19-20-18(23-16)24-12-13-7-8-14-4-1-2-5-15(14)10-13/h1-2,4-5,13H,3,6-12H2/t13-/m1/s1. The van der Waals surface area contributed by atoms with E-state index < -0.39 is 0 Å². The maximum atomic E-state index is 11.6. The molecule has 4 rings (SSSR count). The van der Waals surface area contributed by atoms with Gasteiger partial charge in [0.15, 0.2) is 0 Å². The highest BCUT2D eigenvalue weighted by molar-refractivity contribution is 7.99. The van der Waals surface area contributed by atoms with Crippen LogP contribution in [0.25, 0.3) is 0 Å². The molecule has 0 spiro atoms. The summed E-state index contributed by atoms with van der Waals surface area (Å²) in [5.41, 5.74) is 2.97. The van der Waals surface area contributed by atoms with Gasteiger partial charge in [0.1, 0.15) is 0 Å². The van der Waals surface area contributed by atoms with Crippen molar-refractivity contribution >= 4 is 17.7 Å². The molecule has 2 aliphatic rings. The van der Waals surface area contributed by atoms with E-state index in [2.05, 4.69) is 34.5 Å². The maximum absolute atomic E-state index is 11.6. The number of carbonyl (C=O) groups is 1.